The second kappa shape index (κ2) is 9.59. The lowest BCUT2D eigenvalue weighted by Gasteiger charge is -2.33. The summed E-state index contributed by atoms with van der Waals surface area (Å²) < 4.78 is 28.9. The maximum absolute atomic E-state index is 12.8. The third-order valence-corrected chi connectivity index (χ3v) is 4.89. The van der Waals surface area contributed by atoms with Gasteiger partial charge in [0.1, 0.15) is 11.5 Å². The third kappa shape index (κ3) is 5.22. The van der Waals surface area contributed by atoms with Crippen LogP contribution in [0.4, 0.5) is 5.69 Å². The molecule has 0 amide bonds. The third-order valence-electron chi connectivity index (χ3n) is 3.47. The van der Waals surface area contributed by atoms with E-state index in [1.165, 1.54) is 12.2 Å². The first kappa shape index (κ1) is 20.3. The van der Waals surface area contributed by atoms with E-state index in [4.69, 9.17) is 18.8 Å². The summed E-state index contributed by atoms with van der Waals surface area (Å²) in [6.45, 7) is 1.98. The van der Waals surface area contributed by atoms with Gasteiger partial charge in [0.15, 0.2) is 0 Å². The number of hydrogen-bond acceptors (Lipinski definition) is 6. The molecule has 0 spiro atoms. The standard InChI is InChI=1S/C18H24NO6P/c1-4-14-24-26(20,21)18(25-17-8-6-5-7-9-17)19(23-3)15-10-12-16(22-2)13-11-15/h5-13,18H,4,14H2,1-3H3,(H,20,21). The van der Waals surface area contributed by atoms with Crippen LogP contribution in [0.15, 0.2) is 54.6 Å². The summed E-state index contributed by atoms with van der Waals surface area (Å²) in [5.74, 6) is -0.308. The van der Waals surface area contributed by atoms with Gasteiger partial charge in [-0.25, -0.2) is 5.06 Å². The van der Waals surface area contributed by atoms with Gasteiger partial charge < -0.3 is 18.9 Å². The molecule has 0 bridgehead atoms. The van der Waals surface area contributed by atoms with Gasteiger partial charge in [-0.15, -0.1) is 0 Å². The van der Waals surface area contributed by atoms with Crippen LogP contribution in [-0.4, -0.2) is 31.7 Å². The lowest BCUT2D eigenvalue weighted by Crippen LogP contribution is -2.39. The van der Waals surface area contributed by atoms with Crippen molar-refractivity contribution in [2.24, 2.45) is 0 Å². The van der Waals surface area contributed by atoms with Gasteiger partial charge in [-0.3, -0.25) is 9.40 Å². The van der Waals surface area contributed by atoms with Crippen LogP contribution >= 0.6 is 7.60 Å². The number of para-hydroxylation sites is 1. The fourth-order valence-corrected chi connectivity index (χ4v) is 3.53. The fraction of sp³-hybridized carbons (Fsp3) is 0.333. The van der Waals surface area contributed by atoms with Crippen molar-refractivity contribution in [1.29, 1.82) is 0 Å². The van der Waals surface area contributed by atoms with Crippen molar-refractivity contribution >= 4 is 13.3 Å². The Morgan fingerprint density at radius 2 is 1.69 bits per heavy atom. The first-order valence-corrected chi connectivity index (χ1v) is 9.82. The fourth-order valence-electron chi connectivity index (χ4n) is 2.21. The molecule has 2 unspecified atom stereocenters. The Hall–Kier alpha value is -2.05. The van der Waals surface area contributed by atoms with Gasteiger partial charge >= 0.3 is 7.60 Å². The van der Waals surface area contributed by atoms with Crippen LogP contribution in [0.5, 0.6) is 11.5 Å². The van der Waals surface area contributed by atoms with E-state index in [-0.39, 0.29) is 6.61 Å². The second-order valence-electron chi connectivity index (χ2n) is 5.36. The SMILES string of the molecule is CCCOP(=O)(O)C(Oc1ccccc1)N(OC)c1ccc(OC)cc1. The summed E-state index contributed by atoms with van der Waals surface area (Å²) in [6, 6.07) is 15.6. The highest BCUT2D eigenvalue weighted by atomic mass is 31.2. The molecule has 8 heteroatoms. The molecule has 0 fully saturated rings. The largest absolute Gasteiger partial charge is 0.497 e. The Labute approximate surface area is 153 Å². The number of hydrogen-bond donors (Lipinski definition) is 1. The maximum atomic E-state index is 12.8. The first-order valence-electron chi connectivity index (χ1n) is 8.18. The van der Waals surface area contributed by atoms with Gasteiger partial charge in [-0.05, 0) is 42.8 Å². The van der Waals surface area contributed by atoms with Crippen molar-refractivity contribution in [2.45, 2.75) is 19.3 Å². The number of hydroxylamine groups is 1. The molecule has 7 nitrogen and oxygen atoms in total. The van der Waals surface area contributed by atoms with Gasteiger partial charge in [-0.2, -0.15) is 0 Å². The van der Waals surface area contributed by atoms with Crippen LogP contribution in [0.3, 0.4) is 0 Å². The molecule has 0 saturated heterocycles. The summed E-state index contributed by atoms with van der Waals surface area (Å²) in [4.78, 5) is 15.9. The van der Waals surface area contributed by atoms with Crippen LogP contribution in [0.25, 0.3) is 0 Å². The van der Waals surface area contributed by atoms with Gasteiger partial charge in [0.2, 0.25) is 0 Å². The summed E-state index contributed by atoms with van der Waals surface area (Å²) >= 11 is 0. The smallest absolute Gasteiger partial charge is 0.391 e. The molecule has 0 aliphatic carbocycles. The lowest BCUT2D eigenvalue weighted by molar-refractivity contribution is 0.0698. The van der Waals surface area contributed by atoms with Crippen molar-refractivity contribution in [3.05, 3.63) is 54.6 Å². The van der Waals surface area contributed by atoms with Gasteiger partial charge in [0.25, 0.3) is 5.97 Å². The average Bonchev–Trinajstić information content (AvgIpc) is 2.67. The molecule has 2 aromatic rings. The molecular formula is C18H24NO6P. The van der Waals surface area contributed by atoms with E-state index in [2.05, 4.69) is 0 Å². The van der Waals surface area contributed by atoms with Crippen LogP contribution < -0.4 is 14.5 Å². The predicted octanol–water partition coefficient (Wildman–Crippen LogP) is 4.04. The van der Waals surface area contributed by atoms with Crippen molar-refractivity contribution < 1.29 is 28.3 Å². The molecular weight excluding hydrogens is 357 g/mol. The summed E-state index contributed by atoms with van der Waals surface area (Å²) in [5.41, 5.74) is 0.517. The molecule has 0 saturated carbocycles. The van der Waals surface area contributed by atoms with E-state index < -0.39 is 13.6 Å². The minimum Gasteiger partial charge on any atom is -0.497 e. The summed E-state index contributed by atoms with van der Waals surface area (Å²) in [6.07, 6.45) is 0.595. The van der Waals surface area contributed by atoms with Crippen LogP contribution in [0, 0.1) is 0 Å². The predicted molar refractivity (Wildman–Crippen MR) is 99.4 cm³/mol. The number of anilines is 1. The van der Waals surface area contributed by atoms with Gasteiger partial charge in [0.05, 0.1) is 26.5 Å². The van der Waals surface area contributed by atoms with E-state index >= 15 is 0 Å². The highest BCUT2D eigenvalue weighted by Crippen LogP contribution is 2.50. The second-order valence-corrected chi connectivity index (χ2v) is 7.19. The van der Waals surface area contributed by atoms with Crippen molar-refractivity contribution in [2.75, 3.05) is 25.9 Å². The van der Waals surface area contributed by atoms with E-state index in [0.29, 0.717) is 23.6 Å². The first-order chi connectivity index (χ1) is 12.5. The Morgan fingerprint density at radius 3 is 2.23 bits per heavy atom. The number of nitrogens with zero attached hydrogens (tertiary/aromatic N) is 1. The highest BCUT2D eigenvalue weighted by Gasteiger charge is 2.41. The molecule has 2 aromatic carbocycles. The molecule has 0 radical (unpaired) electrons. The number of rotatable bonds is 10. The van der Waals surface area contributed by atoms with E-state index in [1.807, 2.05) is 13.0 Å². The number of methoxy groups -OCH3 is 1. The molecule has 0 aliphatic heterocycles. The molecule has 142 valence electrons. The monoisotopic (exact) mass is 381 g/mol. The Morgan fingerprint density at radius 1 is 1.04 bits per heavy atom. The zero-order chi connectivity index (χ0) is 19.0. The topological polar surface area (TPSA) is 77.5 Å². The van der Waals surface area contributed by atoms with Gasteiger partial charge in [-0.1, -0.05) is 25.1 Å². The summed E-state index contributed by atoms with van der Waals surface area (Å²) in [5, 5.41) is 1.21. The Bertz CT molecular complexity index is 709. The van der Waals surface area contributed by atoms with Crippen molar-refractivity contribution in [3.8, 4) is 11.5 Å². The number of benzene rings is 2. The Kier molecular flexibility index (Phi) is 7.48. The molecule has 26 heavy (non-hydrogen) atoms. The highest BCUT2D eigenvalue weighted by molar-refractivity contribution is 7.53. The minimum atomic E-state index is -4.19. The maximum Gasteiger partial charge on any atom is 0.391 e. The number of ether oxygens (including phenoxy) is 2. The molecule has 0 aromatic heterocycles. The van der Waals surface area contributed by atoms with Crippen molar-refractivity contribution in [1.82, 2.24) is 0 Å². The van der Waals surface area contributed by atoms with E-state index in [1.54, 1.807) is 55.6 Å². The average molecular weight is 381 g/mol. The van der Waals surface area contributed by atoms with Crippen molar-refractivity contribution in [3.63, 3.8) is 0 Å². The normalized spacial score (nSPS) is 14.3. The zero-order valence-electron chi connectivity index (χ0n) is 15.1. The van der Waals surface area contributed by atoms with Crippen LogP contribution in [0.2, 0.25) is 0 Å². The molecule has 2 atom stereocenters. The molecule has 0 heterocycles. The lowest BCUT2D eigenvalue weighted by atomic mass is 10.3. The zero-order valence-corrected chi connectivity index (χ0v) is 16.0. The van der Waals surface area contributed by atoms with Crippen LogP contribution in [-0.2, 0) is 13.9 Å². The van der Waals surface area contributed by atoms with E-state index in [0.717, 1.165) is 0 Å². The quantitative estimate of drug-likeness (QED) is 0.378. The van der Waals surface area contributed by atoms with Crippen LogP contribution in [0.1, 0.15) is 13.3 Å². The summed E-state index contributed by atoms with van der Waals surface area (Å²) in [7, 11) is -1.24. The minimum absolute atomic E-state index is 0.128. The molecule has 2 rings (SSSR count). The van der Waals surface area contributed by atoms with Gasteiger partial charge in [0, 0.05) is 0 Å². The molecule has 0 aliphatic rings. The molecule has 1 N–H and O–H groups in total. The van der Waals surface area contributed by atoms with E-state index in [9.17, 15) is 9.46 Å². The Balaban J connectivity index is 2.36.